The lowest BCUT2D eigenvalue weighted by Crippen LogP contribution is -1.94. The maximum absolute atomic E-state index is 2.40. The normalized spacial score (nSPS) is 13.4. The van der Waals surface area contributed by atoms with Gasteiger partial charge in [-0.05, 0) is 65.3 Å². The lowest BCUT2D eigenvalue weighted by atomic mass is 9.89. The van der Waals surface area contributed by atoms with Crippen molar-refractivity contribution in [2.75, 3.05) is 0 Å². The van der Waals surface area contributed by atoms with Crippen LogP contribution in [-0.4, -0.2) is 0 Å². The highest BCUT2D eigenvalue weighted by Crippen LogP contribution is 2.56. The van der Waals surface area contributed by atoms with Crippen molar-refractivity contribution in [3.8, 4) is 11.1 Å². The highest BCUT2D eigenvalue weighted by atomic mass is 14.4. The zero-order chi connectivity index (χ0) is 19.8. The smallest absolute Gasteiger partial charge is 0.00860 e. The number of benzene rings is 6. The monoisotopic (exact) mass is 380 g/mol. The van der Waals surface area contributed by atoms with Crippen LogP contribution in [0.3, 0.4) is 0 Å². The largest absolute Gasteiger partial charge is 0.0616 e. The summed E-state index contributed by atoms with van der Waals surface area (Å²) in [6, 6.07) is 35.8. The topological polar surface area (TPSA) is 0 Å². The van der Waals surface area contributed by atoms with Crippen LogP contribution in [-0.2, 0) is 0 Å². The number of hydrogen-bond acceptors (Lipinski definition) is 0. The van der Waals surface area contributed by atoms with Gasteiger partial charge >= 0.3 is 0 Å². The Kier molecular flexibility index (Phi) is 3.08. The number of fused-ring (bicyclic) bond motifs is 13. The van der Waals surface area contributed by atoms with Crippen LogP contribution in [0.1, 0.15) is 24.0 Å². The van der Waals surface area contributed by atoms with Crippen LogP contribution in [0.25, 0.3) is 54.2 Å². The van der Waals surface area contributed by atoms with E-state index in [1.165, 1.54) is 65.3 Å². The molecule has 0 saturated heterocycles. The van der Waals surface area contributed by atoms with E-state index in [0.717, 1.165) is 0 Å². The summed E-state index contributed by atoms with van der Waals surface area (Å²) in [6.07, 6.45) is 0. The first-order valence-corrected chi connectivity index (χ1v) is 10.7. The molecule has 140 valence electrons. The third-order valence-electron chi connectivity index (χ3n) is 7.06. The summed E-state index contributed by atoms with van der Waals surface area (Å²) in [7, 11) is 0. The van der Waals surface area contributed by atoms with Gasteiger partial charge in [0.25, 0.3) is 0 Å². The van der Waals surface area contributed by atoms with Crippen molar-refractivity contribution >= 4 is 43.1 Å². The maximum atomic E-state index is 2.40. The van der Waals surface area contributed by atoms with Crippen molar-refractivity contribution in [2.45, 2.75) is 12.8 Å². The molecule has 0 N–H and O–H groups in total. The molecule has 0 saturated carbocycles. The van der Waals surface area contributed by atoms with Gasteiger partial charge in [-0.1, -0.05) is 104 Å². The predicted octanol–water partition coefficient (Wildman–Crippen LogP) is 8.43. The molecule has 0 aliphatic heterocycles. The molecule has 7 rings (SSSR count). The minimum Gasteiger partial charge on any atom is -0.0616 e. The van der Waals surface area contributed by atoms with Crippen molar-refractivity contribution in [2.24, 2.45) is 0 Å². The summed E-state index contributed by atoms with van der Waals surface area (Å²) in [4.78, 5) is 0. The Labute approximate surface area is 175 Å². The molecule has 0 radical (unpaired) electrons. The molecular weight excluding hydrogens is 360 g/mol. The summed E-state index contributed by atoms with van der Waals surface area (Å²) < 4.78 is 0. The Morgan fingerprint density at radius 2 is 0.633 bits per heavy atom. The van der Waals surface area contributed by atoms with Gasteiger partial charge in [-0.2, -0.15) is 0 Å². The van der Waals surface area contributed by atoms with Gasteiger partial charge in [0, 0.05) is 5.92 Å². The van der Waals surface area contributed by atoms with Crippen molar-refractivity contribution in [1.82, 2.24) is 0 Å². The SMILES string of the molecule is CC1c2c(c3ccccc3c3ccccc23)-c2c1c1ccccc1c1ccccc21. The standard InChI is InChI=1S/C30H20/c1-18-27-23-14-6-2-10-19(23)21-12-4-8-16-25(21)29(27)30-26-17-9-5-13-22(26)20-11-3-7-15-24(20)28(18)30/h2-18H,1H3. The van der Waals surface area contributed by atoms with E-state index in [0.29, 0.717) is 5.92 Å². The fourth-order valence-corrected chi connectivity index (χ4v) is 5.92. The highest BCUT2D eigenvalue weighted by molar-refractivity contribution is 6.25. The average Bonchev–Trinajstić information content (AvgIpc) is 3.13. The Morgan fingerprint density at radius 3 is 1.00 bits per heavy atom. The van der Waals surface area contributed by atoms with Crippen LogP contribution in [0.5, 0.6) is 0 Å². The summed E-state index contributed by atoms with van der Waals surface area (Å²) in [5.74, 6) is 0.360. The molecule has 0 heterocycles. The van der Waals surface area contributed by atoms with Crippen LogP contribution in [0, 0.1) is 0 Å². The van der Waals surface area contributed by atoms with E-state index in [1.807, 2.05) is 0 Å². The molecule has 1 aliphatic rings. The fourth-order valence-electron chi connectivity index (χ4n) is 5.92. The van der Waals surface area contributed by atoms with Gasteiger partial charge in [-0.25, -0.2) is 0 Å². The van der Waals surface area contributed by atoms with E-state index in [1.54, 1.807) is 0 Å². The van der Waals surface area contributed by atoms with Crippen LogP contribution >= 0.6 is 0 Å². The zero-order valence-electron chi connectivity index (χ0n) is 16.8. The third kappa shape index (κ3) is 1.87. The van der Waals surface area contributed by atoms with Gasteiger partial charge in [0.05, 0.1) is 0 Å². The molecule has 0 nitrogen and oxygen atoms in total. The molecule has 6 aromatic carbocycles. The molecular formula is C30H20. The molecule has 6 aromatic rings. The molecule has 0 unspecified atom stereocenters. The minimum absolute atomic E-state index is 0.360. The van der Waals surface area contributed by atoms with Gasteiger partial charge in [-0.3, -0.25) is 0 Å². The second-order valence-electron chi connectivity index (χ2n) is 8.48. The molecule has 1 aliphatic carbocycles. The Morgan fingerprint density at radius 1 is 0.367 bits per heavy atom. The molecule has 0 bridgehead atoms. The van der Waals surface area contributed by atoms with Gasteiger partial charge < -0.3 is 0 Å². The second kappa shape index (κ2) is 5.70. The zero-order valence-corrected chi connectivity index (χ0v) is 16.8. The van der Waals surface area contributed by atoms with Crippen molar-refractivity contribution in [3.05, 3.63) is 108 Å². The van der Waals surface area contributed by atoms with E-state index < -0.39 is 0 Å². The third-order valence-corrected chi connectivity index (χ3v) is 7.06. The Hall–Kier alpha value is -3.64. The van der Waals surface area contributed by atoms with Gasteiger partial charge in [0.2, 0.25) is 0 Å². The molecule has 0 fully saturated rings. The molecule has 0 aromatic heterocycles. The predicted molar refractivity (Wildman–Crippen MR) is 129 cm³/mol. The van der Waals surface area contributed by atoms with E-state index in [4.69, 9.17) is 0 Å². The highest BCUT2D eigenvalue weighted by Gasteiger charge is 2.32. The van der Waals surface area contributed by atoms with Crippen LogP contribution in [0.4, 0.5) is 0 Å². The molecule has 0 atom stereocenters. The van der Waals surface area contributed by atoms with Crippen molar-refractivity contribution < 1.29 is 0 Å². The maximum Gasteiger partial charge on any atom is 0.00860 e. The first-order chi connectivity index (χ1) is 14.8. The van der Waals surface area contributed by atoms with Crippen molar-refractivity contribution in [3.63, 3.8) is 0 Å². The van der Waals surface area contributed by atoms with Gasteiger partial charge in [0.15, 0.2) is 0 Å². The van der Waals surface area contributed by atoms with Crippen LogP contribution in [0.2, 0.25) is 0 Å². The Balaban J connectivity index is 1.83. The lowest BCUT2D eigenvalue weighted by molar-refractivity contribution is 0.979. The van der Waals surface area contributed by atoms with Crippen LogP contribution in [0.15, 0.2) is 97.1 Å². The quantitative estimate of drug-likeness (QED) is 0.232. The Bertz CT molecular complexity index is 1530. The van der Waals surface area contributed by atoms with E-state index in [-0.39, 0.29) is 0 Å². The van der Waals surface area contributed by atoms with E-state index in [9.17, 15) is 0 Å². The summed E-state index contributed by atoms with van der Waals surface area (Å²) in [5, 5.41) is 11.0. The lowest BCUT2D eigenvalue weighted by Gasteiger charge is -2.14. The molecule has 30 heavy (non-hydrogen) atoms. The molecule has 0 heteroatoms. The first-order valence-electron chi connectivity index (χ1n) is 10.7. The summed E-state index contributed by atoms with van der Waals surface area (Å²) in [6.45, 7) is 2.40. The number of rotatable bonds is 0. The van der Waals surface area contributed by atoms with Gasteiger partial charge in [0.1, 0.15) is 0 Å². The van der Waals surface area contributed by atoms with Crippen LogP contribution < -0.4 is 0 Å². The minimum atomic E-state index is 0.360. The van der Waals surface area contributed by atoms with E-state index in [2.05, 4.69) is 104 Å². The summed E-state index contributed by atoms with van der Waals surface area (Å²) >= 11 is 0. The fraction of sp³-hybridized carbons (Fsp3) is 0.0667. The van der Waals surface area contributed by atoms with Crippen molar-refractivity contribution in [1.29, 1.82) is 0 Å². The number of hydrogen-bond donors (Lipinski definition) is 0. The average molecular weight is 380 g/mol. The molecule has 0 spiro atoms. The second-order valence-corrected chi connectivity index (χ2v) is 8.48. The first kappa shape index (κ1) is 16.2. The van der Waals surface area contributed by atoms with Gasteiger partial charge in [-0.15, -0.1) is 0 Å². The summed E-state index contributed by atoms with van der Waals surface area (Å²) in [5.41, 5.74) is 5.85. The molecule has 0 amide bonds. The van der Waals surface area contributed by atoms with E-state index >= 15 is 0 Å².